The minimum absolute atomic E-state index is 0.819. The molecule has 0 amide bonds. The lowest BCUT2D eigenvalue weighted by Gasteiger charge is -1.99. The topological polar surface area (TPSA) is 63.6 Å². The first-order valence-corrected chi connectivity index (χ1v) is 6.60. The van der Waals surface area contributed by atoms with Crippen LogP contribution in [0.2, 0.25) is 0 Å². The quantitative estimate of drug-likeness (QED) is 0.639. The van der Waals surface area contributed by atoms with Crippen molar-refractivity contribution in [3.8, 4) is 0 Å². The second-order valence-electron chi connectivity index (χ2n) is 3.24. The Morgan fingerprint density at radius 3 is 1.75 bits per heavy atom. The summed E-state index contributed by atoms with van der Waals surface area (Å²) in [5.74, 6) is 0. The minimum atomic E-state index is -5.84. The van der Waals surface area contributed by atoms with Crippen LogP contribution in [0.25, 0.3) is 6.08 Å². The fourth-order valence-electron chi connectivity index (χ4n) is 0.685. The van der Waals surface area contributed by atoms with E-state index in [1.165, 1.54) is 5.56 Å². The van der Waals surface area contributed by atoms with Crippen LogP contribution in [0.1, 0.15) is 5.56 Å². The van der Waals surface area contributed by atoms with Crippen LogP contribution in [-0.4, -0.2) is 25.1 Å². The summed E-state index contributed by atoms with van der Waals surface area (Å²) in [6.07, 6.45) is 5.47. The molecule has 1 N–H and O–H groups in total. The zero-order valence-corrected chi connectivity index (χ0v) is 11.1. The van der Waals surface area contributed by atoms with Gasteiger partial charge < -0.3 is 4.74 Å². The van der Waals surface area contributed by atoms with Crippen molar-refractivity contribution in [1.82, 2.24) is 0 Å². The molecule has 1 aliphatic rings. The fourth-order valence-corrected chi connectivity index (χ4v) is 0.685. The van der Waals surface area contributed by atoms with Gasteiger partial charge in [0.15, 0.2) is 0 Å². The van der Waals surface area contributed by atoms with Gasteiger partial charge >= 0.3 is 15.6 Å². The van der Waals surface area contributed by atoms with Crippen LogP contribution in [0.4, 0.5) is 13.2 Å². The van der Waals surface area contributed by atoms with Crippen molar-refractivity contribution >= 4 is 16.2 Å². The standard InChI is InChI=1S/C8H8.C3H4O.CHF3O3S/c1-2-8-6-4-3-5-7-8;1-2-4-3-1;2-1(3,4)8(5,6)7/h2-7H,1H2;1-2H,3H2;(H,5,6,7). The monoisotopic (exact) mass is 310 g/mol. The van der Waals surface area contributed by atoms with E-state index in [-0.39, 0.29) is 0 Å². The van der Waals surface area contributed by atoms with Crippen LogP contribution >= 0.6 is 0 Å². The number of halogens is 3. The first-order valence-electron chi connectivity index (χ1n) is 5.16. The van der Waals surface area contributed by atoms with Crippen LogP contribution in [0.3, 0.4) is 0 Å². The lowest BCUT2D eigenvalue weighted by molar-refractivity contribution is -0.0510. The Kier molecular flexibility index (Phi) is 7.63. The predicted octanol–water partition coefficient (Wildman–Crippen LogP) is 3.25. The van der Waals surface area contributed by atoms with Crippen LogP contribution in [-0.2, 0) is 14.9 Å². The average Bonchev–Trinajstić information content (AvgIpc) is 2.26. The molecule has 0 radical (unpaired) electrons. The molecule has 112 valence electrons. The molecule has 1 aromatic rings. The van der Waals surface area contributed by atoms with Crippen LogP contribution in [0.5, 0.6) is 0 Å². The van der Waals surface area contributed by atoms with E-state index in [4.69, 9.17) is 13.0 Å². The van der Waals surface area contributed by atoms with E-state index >= 15 is 0 Å². The normalized spacial score (nSPS) is 12.6. The van der Waals surface area contributed by atoms with Gasteiger partial charge in [0.2, 0.25) is 0 Å². The van der Waals surface area contributed by atoms with Crippen molar-refractivity contribution in [3.05, 3.63) is 54.8 Å². The van der Waals surface area contributed by atoms with E-state index in [0.717, 1.165) is 6.61 Å². The van der Waals surface area contributed by atoms with Crippen molar-refractivity contribution in [2.24, 2.45) is 0 Å². The highest BCUT2D eigenvalue weighted by Gasteiger charge is 2.44. The van der Waals surface area contributed by atoms with Crippen molar-refractivity contribution in [3.63, 3.8) is 0 Å². The zero-order chi connectivity index (χ0) is 15.6. The minimum Gasteiger partial charge on any atom is -0.497 e. The Morgan fingerprint density at radius 2 is 1.60 bits per heavy atom. The molecule has 8 heteroatoms. The third kappa shape index (κ3) is 8.33. The summed E-state index contributed by atoms with van der Waals surface area (Å²) in [5, 5.41) is 0. The van der Waals surface area contributed by atoms with Crippen LogP contribution in [0, 0.1) is 0 Å². The van der Waals surface area contributed by atoms with Gasteiger partial charge in [-0.1, -0.05) is 43.0 Å². The van der Waals surface area contributed by atoms with Gasteiger partial charge in [0.25, 0.3) is 0 Å². The molecule has 0 aliphatic carbocycles. The van der Waals surface area contributed by atoms with Gasteiger partial charge in [-0.2, -0.15) is 21.6 Å². The largest absolute Gasteiger partial charge is 0.522 e. The second-order valence-corrected chi connectivity index (χ2v) is 4.65. The molecule has 0 fully saturated rings. The van der Waals surface area contributed by atoms with E-state index in [1.54, 1.807) is 6.26 Å². The summed E-state index contributed by atoms with van der Waals surface area (Å²) < 4.78 is 62.1. The Hall–Kier alpha value is -1.80. The third-order valence-electron chi connectivity index (χ3n) is 1.71. The molecule has 1 heterocycles. The summed E-state index contributed by atoms with van der Waals surface area (Å²) in [6.45, 7) is 4.45. The lowest BCUT2D eigenvalue weighted by atomic mass is 10.2. The number of rotatable bonds is 1. The first-order chi connectivity index (χ1) is 9.18. The summed E-state index contributed by atoms with van der Waals surface area (Å²) in [4.78, 5) is 0. The Bertz CT molecular complexity index is 515. The van der Waals surface area contributed by atoms with Gasteiger partial charge in [0, 0.05) is 0 Å². The van der Waals surface area contributed by atoms with Crippen molar-refractivity contribution in [1.29, 1.82) is 0 Å². The number of hydrogen-bond acceptors (Lipinski definition) is 3. The summed E-state index contributed by atoms with van der Waals surface area (Å²) >= 11 is 0. The van der Waals surface area contributed by atoms with Crippen molar-refractivity contribution < 1.29 is 30.9 Å². The first kappa shape index (κ1) is 18.2. The number of alkyl halides is 3. The maximum Gasteiger partial charge on any atom is 0.522 e. The van der Waals surface area contributed by atoms with E-state index in [1.807, 2.05) is 42.5 Å². The Labute approximate surface area is 114 Å². The van der Waals surface area contributed by atoms with Gasteiger partial charge in [0.1, 0.15) is 6.61 Å². The summed E-state index contributed by atoms with van der Waals surface area (Å²) in [6, 6.07) is 10.0. The average molecular weight is 310 g/mol. The molecular formula is C12H13F3O4S. The van der Waals surface area contributed by atoms with Crippen molar-refractivity contribution in [2.45, 2.75) is 5.51 Å². The Morgan fingerprint density at radius 1 is 1.25 bits per heavy atom. The van der Waals surface area contributed by atoms with Gasteiger partial charge in [-0.25, -0.2) is 0 Å². The molecule has 0 unspecified atom stereocenters. The highest BCUT2D eigenvalue weighted by Crippen LogP contribution is 2.20. The van der Waals surface area contributed by atoms with E-state index in [2.05, 4.69) is 11.3 Å². The van der Waals surface area contributed by atoms with Gasteiger partial charge in [-0.05, 0) is 11.6 Å². The predicted molar refractivity (Wildman–Crippen MR) is 69.2 cm³/mol. The van der Waals surface area contributed by atoms with Crippen molar-refractivity contribution in [2.75, 3.05) is 6.61 Å². The number of benzene rings is 1. The zero-order valence-electron chi connectivity index (χ0n) is 10.2. The molecule has 1 aliphatic heterocycles. The van der Waals surface area contributed by atoms with Crippen LogP contribution < -0.4 is 0 Å². The highest BCUT2D eigenvalue weighted by molar-refractivity contribution is 7.86. The SMILES string of the molecule is C1=COC1.C=Cc1ccccc1.O=S(=O)(O)C(F)(F)F. The highest BCUT2D eigenvalue weighted by atomic mass is 32.2. The summed E-state index contributed by atoms with van der Waals surface area (Å²) in [7, 11) is -5.84. The molecular weight excluding hydrogens is 297 g/mol. The summed E-state index contributed by atoms with van der Waals surface area (Å²) in [5.41, 5.74) is -4.36. The molecule has 0 saturated heterocycles. The molecule has 2 rings (SSSR count). The number of hydrogen-bond donors (Lipinski definition) is 1. The maximum atomic E-state index is 10.7. The van der Waals surface area contributed by atoms with Crippen LogP contribution in [0.15, 0.2) is 49.2 Å². The molecule has 0 bridgehead atoms. The van der Waals surface area contributed by atoms with E-state index in [9.17, 15) is 13.2 Å². The van der Waals surface area contributed by atoms with Gasteiger partial charge in [-0.3, -0.25) is 4.55 Å². The maximum absolute atomic E-state index is 10.7. The molecule has 0 saturated carbocycles. The Balaban J connectivity index is 0.000000285. The molecule has 0 aromatic heterocycles. The van der Waals surface area contributed by atoms with E-state index in [0.29, 0.717) is 0 Å². The number of ether oxygens (including phenoxy) is 1. The second kappa shape index (κ2) is 8.39. The lowest BCUT2D eigenvalue weighted by Crippen LogP contribution is -2.21. The molecule has 0 atom stereocenters. The molecule has 4 nitrogen and oxygen atoms in total. The van der Waals surface area contributed by atoms with Gasteiger partial charge in [-0.15, -0.1) is 0 Å². The van der Waals surface area contributed by atoms with Gasteiger partial charge in [0.05, 0.1) is 6.26 Å². The molecule has 1 aromatic carbocycles. The molecule has 0 spiro atoms. The van der Waals surface area contributed by atoms with E-state index < -0.39 is 15.6 Å². The fraction of sp³-hybridized carbons (Fsp3) is 0.167. The molecule has 20 heavy (non-hydrogen) atoms. The smallest absolute Gasteiger partial charge is 0.497 e. The third-order valence-corrected chi connectivity index (χ3v) is 2.30.